The molecule has 1 saturated heterocycles. The molecule has 1 spiro atoms. The fourth-order valence-corrected chi connectivity index (χ4v) is 4.17. The quantitative estimate of drug-likeness (QED) is 0.935. The largest absolute Gasteiger partial charge is 0.370 e. The summed E-state index contributed by atoms with van der Waals surface area (Å²) >= 11 is 0. The number of nitrogens with two attached hydrogens (primary N) is 1. The van der Waals surface area contributed by atoms with Crippen molar-refractivity contribution in [2.75, 3.05) is 0 Å². The lowest BCUT2D eigenvalue weighted by molar-refractivity contribution is -0.0414. The first kappa shape index (κ1) is 13.4. The molecule has 1 aromatic carbocycles. The normalized spacial score (nSPS) is 24.3. The number of benzene rings is 1. The predicted octanol–water partition coefficient (Wildman–Crippen LogP) is 3.59. The Morgan fingerprint density at radius 2 is 2.05 bits per heavy atom. The zero-order valence-corrected chi connectivity index (χ0v) is 12.6. The van der Waals surface area contributed by atoms with Gasteiger partial charge >= 0.3 is 0 Å². The van der Waals surface area contributed by atoms with Gasteiger partial charge in [-0.25, -0.2) is 0 Å². The first-order valence-corrected chi connectivity index (χ1v) is 8.24. The summed E-state index contributed by atoms with van der Waals surface area (Å²) in [7, 11) is 0. The number of fused-ring (bicyclic) bond motifs is 1. The highest BCUT2D eigenvalue weighted by Crippen LogP contribution is 2.43. The number of nitrogens with zero attached hydrogens (tertiary/aromatic N) is 1. The molecular weight excluding hydrogens is 260 g/mol. The van der Waals surface area contributed by atoms with Gasteiger partial charge in [0, 0.05) is 24.8 Å². The minimum absolute atomic E-state index is 0.236. The van der Waals surface area contributed by atoms with Gasteiger partial charge in [-0.3, -0.25) is 0 Å². The van der Waals surface area contributed by atoms with Crippen LogP contribution in [0.1, 0.15) is 44.1 Å². The van der Waals surface area contributed by atoms with E-state index >= 15 is 0 Å². The van der Waals surface area contributed by atoms with Crippen molar-refractivity contribution in [3.05, 3.63) is 36.0 Å². The van der Waals surface area contributed by atoms with Gasteiger partial charge in [-0.1, -0.05) is 18.9 Å². The summed E-state index contributed by atoms with van der Waals surface area (Å²) in [5.74, 6) is 0. The van der Waals surface area contributed by atoms with E-state index < -0.39 is 0 Å². The van der Waals surface area contributed by atoms with E-state index in [1.165, 1.54) is 55.0 Å². The Bertz CT molecular complexity index is 640. The molecule has 3 nitrogen and oxygen atoms in total. The topological polar surface area (TPSA) is 40.2 Å². The maximum absolute atomic E-state index is 6.44. The van der Waals surface area contributed by atoms with Crippen LogP contribution in [-0.4, -0.2) is 16.3 Å². The second kappa shape index (κ2) is 5.15. The summed E-state index contributed by atoms with van der Waals surface area (Å²) in [5, 5.41) is 1.28. The Morgan fingerprint density at radius 3 is 2.86 bits per heavy atom. The van der Waals surface area contributed by atoms with Gasteiger partial charge in [0.25, 0.3) is 0 Å². The van der Waals surface area contributed by atoms with Gasteiger partial charge in [0.1, 0.15) is 0 Å². The molecule has 1 aliphatic heterocycles. The van der Waals surface area contributed by atoms with Crippen molar-refractivity contribution < 1.29 is 4.74 Å². The molecule has 1 aliphatic carbocycles. The van der Waals surface area contributed by atoms with Crippen LogP contribution in [0.2, 0.25) is 0 Å². The fraction of sp³-hybridized carbons (Fsp3) is 0.556. The zero-order valence-electron chi connectivity index (χ0n) is 12.6. The summed E-state index contributed by atoms with van der Waals surface area (Å²) in [4.78, 5) is 0. The number of aromatic nitrogens is 1. The molecule has 112 valence electrons. The summed E-state index contributed by atoms with van der Waals surface area (Å²) in [5.41, 5.74) is 8.45. The number of hydrogen-bond donors (Lipinski definition) is 1. The molecule has 2 aromatic rings. The Labute approximate surface area is 126 Å². The van der Waals surface area contributed by atoms with Crippen molar-refractivity contribution in [1.82, 2.24) is 4.57 Å². The minimum atomic E-state index is 0.236. The van der Waals surface area contributed by atoms with Crippen LogP contribution in [0, 0.1) is 0 Å². The summed E-state index contributed by atoms with van der Waals surface area (Å²) in [6, 6.07) is 8.71. The van der Waals surface area contributed by atoms with Crippen LogP contribution in [0.3, 0.4) is 0 Å². The van der Waals surface area contributed by atoms with E-state index in [4.69, 9.17) is 10.5 Å². The molecule has 3 heteroatoms. The molecule has 0 radical (unpaired) electrons. The molecule has 0 amide bonds. The second-order valence-corrected chi connectivity index (χ2v) is 6.73. The van der Waals surface area contributed by atoms with Gasteiger partial charge < -0.3 is 15.0 Å². The van der Waals surface area contributed by atoms with E-state index in [1.54, 1.807) is 0 Å². The van der Waals surface area contributed by atoms with Gasteiger partial charge in [-0.15, -0.1) is 0 Å². The third kappa shape index (κ3) is 2.39. The van der Waals surface area contributed by atoms with Crippen LogP contribution < -0.4 is 5.73 Å². The summed E-state index contributed by atoms with van der Waals surface area (Å²) < 4.78 is 8.78. The van der Waals surface area contributed by atoms with Crippen molar-refractivity contribution in [2.45, 2.75) is 63.3 Å². The Balaban J connectivity index is 1.52. The van der Waals surface area contributed by atoms with Gasteiger partial charge in [0.15, 0.2) is 0 Å². The number of hydrogen-bond acceptors (Lipinski definition) is 2. The van der Waals surface area contributed by atoms with Crippen LogP contribution in [0.25, 0.3) is 10.9 Å². The van der Waals surface area contributed by atoms with Crippen LogP contribution >= 0.6 is 0 Å². The zero-order chi connectivity index (χ0) is 14.3. The lowest BCUT2D eigenvalue weighted by Gasteiger charge is -2.24. The lowest BCUT2D eigenvalue weighted by atomic mass is 9.98. The predicted molar refractivity (Wildman–Crippen MR) is 85.1 cm³/mol. The number of ether oxygens (including phenoxy) is 1. The third-order valence-electron chi connectivity index (χ3n) is 5.32. The van der Waals surface area contributed by atoms with E-state index in [9.17, 15) is 0 Å². The third-order valence-corrected chi connectivity index (χ3v) is 5.32. The minimum Gasteiger partial charge on any atom is -0.370 e. The maximum Gasteiger partial charge on any atom is 0.0762 e. The first-order valence-electron chi connectivity index (χ1n) is 8.24. The van der Waals surface area contributed by atoms with Crippen LogP contribution in [0.5, 0.6) is 0 Å². The van der Waals surface area contributed by atoms with Crippen molar-refractivity contribution in [2.24, 2.45) is 5.73 Å². The molecule has 1 atom stereocenters. The van der Waals surface area contributed by atoms with Crippen molar-refractivity contribution in [1.29, 1.82) is 0 Å². The van der Waals surface area contributed by atoms with Gasteiger partial charge in [0.2, 0.25) is 0 Å². The average molecular weight is 284 g/mol. The smallest absolute Gasteiger partial charge is 0.0762 e. The van der Waals surface area contributed by atoms with E-state index in [0.29, 0.717) is 12.6 Å². The van der Waals surface area contributed by atoms with Crippen LogP contribution in [0.15, 0.2) is 30.5 Å². The van der Waals surface area contributed by atoms with E-state index in [2.05, 4.69) is 35.0 Å². The van der Waals surface area contributed by atoms with Crippen molar-refractivity contribution in [3.8, 4) is 0 Å². The lowest BCUT2D eigenvalue weighted by Crippen LogP contribution is -2.26. The number of rotatable bonds is 3. The van der Waals surface area contributed by atoms with E-state index in [-0.39, 0.29) is 5.60 Å². The highest BCUT2D eigenvalue weighted by atomic mass is 16.5. The van der Waals surface area contributed by atoms with Gasteiger partial charge in [-0.05, 0) is 54.8 Å². The monoisotopic (exact) mass is 284 g/mol. The first-order chi connectivity index (χ1) is 10.3. The van der Waals surface area contributed by atoms with Gasteiger partial charge in [0.05, 0.1) is 11.7 Å². The molecule has 1 aromatic heterocycles. The highest BCUT2D eigenvalue weighted by molar-refractivity contribution is 5.80. The average Bonchev–Trinajstić information content (AvgIpc) is 3.22. The SMILES string of the molecule is NCc1ccc2c(ccn2CC2CCC3(CCCC3)O2)c1. The summed E-state index contributed by atoms with van der Waals surface area (Å²) in [6.07, 6.45) is 10.3. The summed E-state index contributed by atoms with van der Waals surface area (Å²) in [6.45, 7) is 1.59. The highest BCUT2D eigenvalue weighted by Gasteiger charge is 2.42. The fourth-order valence-electron chi connectivity index (χ4n) is 4.17. The molecule has 2 N–H and O–H groups in total. The molecular formula is C18H24N2O. The molecule has 1 saturated carbocycles. The standard InChI is InChI=1S/C18H24N2O/c19-12-14-3-4-17-15(11-14)6-10-20(17)13-16-5-9-18(21-16)7-1-2-8-18/h3-4,6,10-11,16H,1-2,5,7-9,12-13,19H2. The molecule has 1 unspecified atom stereocenters. The van der Waals surface area contributed by atoms with E-state index in [1.807, 2.05) is 0 Å². The van der Waals surface area contributed by atoms with Gasteiger partial charge in [-0.2, -0.15) is 0 Å². The van der Waals surface area contributed by atoms with Crippen LogP contribution in [0.4, 0.5) is 0 Å². The Kier molecular flexibility index (Phi) is 3.27. The Morgan fingerprint density at radius 1 is 1.19 bits per heavy atom. The molecule has 2 fully saturated rings. The van der Waals surface area contributed by atoms with Crippen LogP contribution in [-0.2, 0) is 17.8 Å². The van der Waals surface area contributed by atoms with Crippen molar-refractivity contribution >= 4 is 10.9 Å². The van der Waals surface area contributed by atoms with E-state index in [0.717, 1.165) is 6.54 Å². The molecule has 2 aliphatic rings. The molecule has 2 heterocycles. The van der Waals surface area contributed by atoms with Crippen molar-refractivity contribution in [3.63, 3.8) is 0 Å². The molecule has 4 rings (SSSR count). The maximum atomic E-state index is 6.44. The second-order valence-electron chi connectivity index (χ2n) is 6.73. The molecule has 21 heavy (non-hydrogen) atoms. The Hall–Kier alpha value is -1.32. The molecule has 0 bridgehead atoms.